The lowest BCUT2D eigenvalue weighted by atomic mass is 10.3. The minimum Gasteiger partial charge on any atom is -0.481 e. The molecule has 0 aliphatic carbocycles. The van der Waals surface area contributed by atoms with Crippen molar-refractivity contribution in [2.75, 3.05) is 7.11 Å². The minimum atomic E-state index is 0.360. The van der Waals surface area contributed by atoms with Crippen molar-refractivity contribution in [2.45, 2.75) is 6.54 Å². The van der Waals surface area contributed by atoms with E-state index in [9.17, 15) is 0 Å². The number of rotatable bonds is 5. The molecule has 0 atom stereocenters. The third-order valence-corrected chi connectivity index (χ3v) is 3.90. The summed E-state index contributed by atoms with van der Waals surface area (Å²) in [5.41, 5.74) is 1.48. The van der Waals surface area contributed by atoms with Crippen molar-refractivity contribution in [1.29, 1.82) is 0 Å². The Morgan fingerprint density at radius 1 is 1.19 bits per heavy atom. The molecule has 0 N–H and O–H groups in total. The van der Waals surface area contributed by atoms with Gasteiger partial charge in [-0.15, -0.1) is 5.11 Å². The lowest BCUT2D eigenvalue weighted by Crippen LogP contribution is -2.01. The fraction of sp³-hybridized carbons (Fsp3) is 0.118. The number of fused-ring (bicyclic) bond motifs is 1. The average molecular weight is 381 g/mol. The molecule has 0 saturated carbocycles. The van der Waals surface area contributed by atoms with E-state index in [1.807, 2.05) is 18.2 Å². The number of hydrogen-bond acceptors (Lipinski definition) is 8. The lowest BCUT2D eigenvalue weighted by molar-refractivity contribution is 0.397. The second kappa shape index (κ2) is 7.42. The number of ether oxygens (including phenoxy) is 1. The van der Waals surface area contributed by atoms with Crippen LogP contribution in [0, 0.1) is 0 Å². The fourth-order valence-electron chi connectivity index (χ4n) is 2.44. The van der Waals surface area contributed by atoms with Crippen LogP contribution in [0.25, 0.3) is 16.9 Å². The van der Waals surface area contributed by atoms with Gasteiger partial charge in [0.15, 0.2) is 17.3 Å². The Morgan fingerprint density at radius 2 is 2.11 bits per heavy atom. The van der Waals surface area contributed by atoms with E-state index in [2.05, 4.69) is 35.3 Å². The summed E-state index contributed by atoms with van der Waals surface area (Å²) >= 11 is 5.87. The number of halogens is 1. The maximum atomic E-state index is 5.87. The second-order valence-corrected chi connectivity index (χ2v) is 5.80. The third kappa shape index (κ3) is 3.58. The van der Waals surface area contributed by atoms with Gasteiger partial charge in [0.1, 0.15) is 11.5 Å². The summed E-state index contributed by atoms with van der Waals surface area (Å²) in [6.45, 7) is 0.360. The van der Waals surface area contributed by atoms with Crippen molar-refractivity contribution in [1.82, 2.24) is 29.7 Å². The first-order valence-electron chi connectivity index (χ1n) is 7.92. The molecule has 0 aliphatic rings. The lowest BCUT2D eigenvalue weighted by Gasteiger charge is -2.04. The van der Waals surface area contributed by atoms with E-state index in [4.69, 9.17) is 16.3 Å². The molecule has 0 amide bonds. The number of nitrogens with zero attached hydrogens (tertiary/aromatic N) is 8. The molecule has 4 aromatic heterocycles. The van der Waals surface area contributed by atoms with Gasteiger partial charge in [0.05, 0.1) is 25.2 Å². The van der Waals surface area contributed by atoms with Crippen molar-refractivity contribution >= 4 is 28.5 Å². The molecule has 27 heavy (non-hydrogen) atoms. The molecule has 0 aromatic carbocycles. The molecule has 0 spiro atoms. The molecule has 0 bridgehead atoms. The Kier molecular flexibility index (Phi) is 4.67. The number of azo groups is 1. The topological polar surface area (TPSA) is 103 Å². The molecule has 4 rings (SSSR count). The summed E-state index contributed by atoms with van der Waals surface area (Å²) in [4.78, 5) is 16.8. The van der Waals surface area contributed by atoms with E-state index >= 15 is 0 Å². The Balaban J connectivity index is 1.65. The molecule has 0 saturated heterocycles. The van der Waals surface area contributed by atoms with Crippen LogP contribution in [-0.4, -0.2) is 36.8 Å². The van der Waals surface area contributed by atoms with E-state index in [1.165, 1.54) is 6.33 Å². The van der Waals surface area contributed by atoms with Gasteiger partial charge in [-0.05, 0) is 23.8 Å². The first-order valence-corrected chi connectivity index (χ1v) is 8.30. The van der Waals surface area contributed by atoms with E-state index in [0.29, 0.717) is 40.2 Å². The Bertz CT molecular complexity index is 1130. The van der Waals surface area contributed by atoms with Gasteiger partial charge in [0, 0.05) is 12.3 Å². The highest BCUT2D eigenvalue weighted by atomic mass is 35.5. The van der Waals surface area contributed by atoms with Gasteiger partial charge in [-0.2, -0.15) is 19.9 Å². The van der Waals surface area contributed by atoms with Gasteiger partial charge in [0.2, 0.25) is 5.88 Å². The van der Waals surface area contributed by atoms with Gasteiger partial charge >= 0.3 is 0 Å². The van der Waals surface area contributed by atoms with E-state index in [0.717, 1.165) is 5.56 Å². The zero-order chi connectivity index (χ0) is 18.6. The Morgan fingerprint density at radius 3 is 2.96 bits per heavy atom. The van der Waals surface area contributed by atoms with Crippen LogP contribution in [-0.2, 0) is 6.54 Å². The van der Waals surface area contributed by atoms with Gasteiger partial charge in [-0.3, -0.25) is 0 Å². The number of pyridine rings is 2. The molecule has 4 aromatic rings. The summed E-state index contributed by atoms with van der Waals surface area (Å²) in [5, 5.41) is 13.8. The highest BCUT2D eigenvalue weighted by Gasteiger charge is 2.12. The van der Waals surface area contributed by atoms with Crippen LogP contribution >= 0.6 is 11.6 Å². The average Bonchev–Trinajstić information content (AvgIpc) is 3.13. The standard InChI is InChI=1S/C17H13ClN8O/c1-27-15-4-2-3-14(24-15)26-17-12(9-23-26)16(20-10-21-17)25-22-8-11-5-6-19-13(18)7-11/h2-7,9-10H,8H2,1H3. The van der Waals surface area contributed by atoms with E-state index in [-0.39, 0.29) is 0 Å². The SMILES string of the molecule is COc1cccc(-n2ncc3c(N=NCc4ccnc(Cl)c4)ncnc32)n1. The van der Waals surface area contributed by atoms with Crippen molar-refractivity contribution in [3.8, 4) is 11.7 Å². The van der Waals surface area contributed by atoms with Crippen molar-refractivity contribution in [3.05, 3.63) is 59.8 Å². The maximum absolute atomic E-state index is 5.87. The summed E-state index contributed by atoms with van der Waals surface area (Å²) < 4.78 is 6.76. The van der Waals surface area contributed by atoms with Gasteiger partial charge in [0.25, 0.3) is 0 Å². The van der Waals surface area contributed by atoms with Crippen LogP contribution in [0.2, 0.25) is 5.15 Å². The summed E-state index contributed by atoms with van der Waals surface area (Å²) in [6.07, 6.45) is 4.67. The number of aromatic nitrogens is 6. The zero-order valence-electron chi connectivity index (χ0n) is 14.2. The van der Waals surface area contributed by atoms with Crippen LogP contribution in [0.3, 0.4) is 0 Å². The smallest absolute Gasteiger partial charge is 0.214 e. The van der Waals surface area contributed by atoms with Crippen molar-refractivity contribution in [2.24, 2.45) is 10.2 Å². The molecule has 134 valence electrons. The summed E-state index contributed by atoms with van der Waals surface area (Å²) in [5.74, 6) is 1.49. The zero-order valence-corrected chi connectivity index (χ0v) is 14.9. The van der Waals surface area contributed by atoms with Crippen molar-refractivity contribution in [3.63, 3.8) is 0 Å². The van der Waals surface area contributed by atoms with Crippen LogP contribution in [0.1, 0.15) is 5.56 Å². The first kappa shape index (κ1) is 17.0. The molecule has 0 unspecified atom stereocenters. The molecule has 10 heteroatoms. The Hall–Kier alpha value is -3.46. The van der Waals surface area contributed by atoms with Gasteiger partial charge in [-0.1, -0.05) is 17.7 Å². The number of methoxy groups -OCH3 is 1. The van der Waals surface area contributed by atoms with Crippen LogP contribution in [0.15, 0.2) is 59.3 Å². The predicted octanol–water partition coefficient (Wildman–Crippen LogP) is 3.55. The third-order valence-electron chi connectivity index (χ3n) is 3.69. The second-order valence-electron chi connectivity index (χ2n) is 5.42. The van der Waals surface area contributed by atoms with Gasteiger partial charge < -0.3 is 4.74 Å². The highest BCUT2D eigenvalue weighted by Crippen LogP contribution is 2.24. The molecule has 0 radical (unpaired) electrons. The quantitative estimate of drug-likeness (QED) is 0.387. The van der Waals surface area contributed by atoms with Crippen LogP contribution in [0.5, 0.6) is 5.88 Å². The van der Waals surface area contributed by atoms with E-state index in [1.54, 1.807) is 36.3 Å². The fourth-order valence-corrected chi connectivity index (χ4v) is 2.64. The normalized spacial score (nSPS) is 11.3. The molecular weight excluding hydrogens is 368 g/mol. The number of hydrogen-bond donors (Lipinski definition) is 0. The van der Waals surface area contributed by atoms with Crippen LogP contribution in [0.4, 0.5) is 5.82 Å². The monoisotopic (exact) mass is 380 g/mol. The summed E-state index contributed by atoms with van der Waals surface area (Å²) in [7, 11) is 1.56. The largest absolute Gasteiger partial charge is 0.481 e. The molecule has 4 heterocycles. The molecule has 0 aliphatic heterocycles. The molecule has 0 fully saturated rings. The van der Waals surface area contributed by atoms with Crippen LogP contribution < -0.4 is 4.74 Å². The molecular formula is C17H13ClN8O. The van der Waals surface area contributed by atoms with Gasteiger partial charge in [-0.25, -0.2) is 15.0 Å². The van der Waals surface area contributed by atoms with E-state index < -0.39 is 0 Å². The first-order chi connectivity index (χ1) is 13.2. The maximum Gasteiger partial charge on any atom is 0.214 e. The van der Waals surface area contributed by atoms with Crippen molar-refractivity contribution < 1.29 is 4.74 Å². The predicted molar refractivity (Wildman–Crippen MR) is 98.5 cm³/mol. The Labute approximate surface area is 158 Å². The highest BCUT2D eigenvalue weighted by molar-refractivity contribution is 6.29. The summed E-state index contributed by atoms with van der Waals surface area (Å²) in [6, 6.07) is 8.96. The minimum absolute atomic E-state index is 0.360. The molecule has 9 nitrogen and oxygen atoms in total.